The fourth-order valence-electron chi connectivity index (χ4n) is 5.29. The number of hydrogen-bond donors (Lipinski definition) is 3. The number of nitrogens with one attached hydrogen (secondary N) is 2. The van der Waals surface area contributed by atoms with Crippen LogP contribution in [0, 0.1) is 29.3 Å². The van der Waals surface area contributed by atoms with Gasteiger partial charge in [0.15, 0.2) is 27.3 Å². The molecule has 0 radical (unpaired) electrons. The van der Waals surface area contributed by atoms with E-state index in [1.54, 1.807) is 0 Å². The molecule has 2 aliphatic carbocycles. The molecule has 0 heterocycles. The van der Waals surface area contributed by atoms with Gasteiger partial charge in [0, 0.05) is 36.9 Å². The number of aliphatic hydroxyl groups is 1. The molecule has 2 amide bonds. The molecule has 2 bridgehead atoms. The van der Waals surface area contributed by atoms with Crippen LogP contribution in [-0.4, -0.2) is 42.7 Å². The zero-order chi connectivity index (χ0) is 26.4. The Labute approximate surface area is 210 Å². The lowest BCUT2D eigenvalue weighted by Gasteiger charge is -2.42. The summed E-state index contributed by atoms with van der Waals surface area (Å²) in [6, 6.07) is 4.78. The fourth-order valence-corrected chi connectivity index (χ4v) is 7.69. The zero-order valence-electron chi connectivity index (χ0n) is 19.2. The van der Waals surface area contributed by atoms with E-state index >= 15 is 0 Å². The molecular formula is C24H24ClF3N2O5S. The summed E-state index contributed by atoms with van der Waals surface area (Å²) < 4.78 is 67.3. The van der Waals surface area contributed by atoms with Crippen molar-refractivity contribution < 1.29 is 36.3 Å². The van der Waals surface area contributed by atoms with Crippen LogP contribution in [0.2, 0.25) is 5.02 Å². The summed E-state index contributed by atoms with van der Waals surface area (Å²) in [5.41, 5.74) is -1.68. The molecule has 2 saturated carbocycles. The lowest BCUT2D eigenvalue weighted by Crippen LogP contribution is -2.54. The third-order valence-electron chi connectivity index (χ3n) is 7.17. The second kappa shape index (κ2) is 9.68. The van der Waals surface area contributed by atoms with Crippen LogP contribution in [-0.2, 0) is 14.6 Å². The molecule has 2 unspecified atom stereocenters. The normalized spacial score (nSPS) is 25.4. The van der Waals surface area contributed by atoms with Gasteiger partial charge in [-0.15, -0.1) is 0 Å². The van der Waals surface area contributed by atoms with E-state index in [0.29, 0.717) is 25.0 Å². The summed E-state index contributed by atoms with van der Waals surface area (Å²) in [6.45, 7) is 1.39. The van der Waals surface area contributed by atoms with E-state index in [1.165, 1.54) is 19.1 Å². The van der Waals surface area contributed by atoms with Crippen molar-refractivity contribution in [1.82, 2.24) is 5.32 Å². The van der Waals surface area contributed by atoms with E-state index in [9.17, 15) is 36.3 Å². The molecule has 0 spiro atoms. The van der Waals surface area contributed by atoms with Crippen molar-refractivity contribution in [3.8, 4) is 0 Å². The SMILES string of the molecule is CC(=O)NC[C@]1(O)C2CCC1C[C@@H](S(=O)(=O)c1cc(C(=O)Nc3cc(F)c(F)c(F)c3)ccc1Cl)C2. The number of carbonyl (C=O) groups excluding carboxylic acids is 2. The highest BCUT2D eigenvalue weighted by Crippen LogP contribution is 2.52. The Morgan fingerprint density at radius 3 is 2.22 bits per heavy atom. The van der Waals surface area contributed by atoms with Crippen LogP contribution >= 0.6 is 11.6 Å². The van der Waals surface area contributed by atoms with Gasteiger partial charge in [-0.05, 0) is 55.7 Å². The molecule has 36 heavy (non-hydrogen) atoms. The largest absolute Gasteiger partial charge is 0.387 e. The molecule has 2 atom stereocenters. The van der Waals surface area contributed by atoms with Crippen molar-refractivity contribution in [2.45, 2.75) is 48.4 Å². The molecule has 0 aromatic heterocycles. The molecule has 12 heteroatoms. The van der Waals surface area contributed by atoms with Crippen molar-refractivity contribution in [3.63, 3.8) is 0 Å². The Bertz CT molecular complexity index is 1300. The van der Waals surface area contributed by atoms with E-state index in [0.717, 1.165) is 6.07 Å². The van der Waals surface area contributed by atoms with Gasteiger partial charge >= 0.3 is 0 Å². The third kappa shape index (κ3) is 4.83. The average Bonchev–Trinajstić information content (AvgIpc) is 2.97. The highest BCUT2D eigenvalue weighted by atomic mass is 35.5. The minimum absolute atomic E-state index is 0.0470. The Kier molecular flexibility index (Phi) is 7.11. The molecule has 2 aliphatic rings. The summed E-state index contributed by atoms with van der Waals surface area (Å²) in [4.78, 5) is 23.7. The smallest absolute Gasteiger partial charge is 0.255 e. The predicted molar refractivity (Wildman–Crippen MR) is 126 cm³/mol. The highest BCUT2D eigenvalue weighted by molar-refractivity contribution is 7.92. The Morgan fingerprint density at radius 2 is 1.67 bits per heavy atom. The topological polar surface area (TPSA) is 113 Å². The number of carbonyl (C=O) groups is 2. The Hall–Kier alpha value is -2.63. The summed E-state index contributed by atoms with van der Waals surface area (Å²) in [6.07, 6.45) is 1.56. The summed E-state index contributed by atoms with van der Waals surface area (Å²) in [5, 5.41) is 15.1. The lowest BCUT2D eigenvalue weighted by atomic mass is 9.74. The number of benzene rings is 2. The molecule has 4 rings (SSSR count). The predicted octanol–water partition coefficient (Wildman–Crippen LogP) is 3.84. The molecule has 2 aromatic rings. The highest BCUT2D eigenvalue weighted by Gasteiger charge is 2.55. The maximum absolute atomic E-state index is 13.6. The minimum atomic E-state index is -4.03. The quantitative estimate of drug-likeness (QED) is 0.478. The number of sulfone groups is 1. The first-order valence-electron chi connectivity index (χ1n) is 11.3. The van der Waals surface area contributed by atoms with E-state index in [4.69, 9.17) is 11.6 Å². The Morgan fingerprint density at radius 1 is 1.08 bits per heavy atom. The fraction of sp³-hybridized carbons (Fsp3) is 0.417. The van der Waals surface area contributed by atoms with Crippen molar-refractivity contribution in [2.24, 2.45) is 11.8 Å². The van der Waals surface area contributed by atoms with Crippen molar-refractivity contribution in [3.05, 3.63) is 58.4 Å². The first-order chi connectivity index (χ1) is 16.8. The number of halogens is 4. The van der Waals surface area contributed by atoms with Crippen LogP contribution in [0.5, 0.6) is 0 Å². The number of hydrogen-bond acceptors (Lipinski definition) is 5. The van der Waals surface area contributed by atoms with E-state index in [2.05, 4.69) is 10.6 Å². The molecule has 2 aromatic carbocycles. The van der Waals surface area contributed by atoms with Crippen LogP contribution in [0.1, 0.15) is 43.0 Å². The average molecular weight is 545 g/mol. The maximum atomic E-state index is 13.6. The van der Waals surface area contributed by atoms with Gasteiger partial charge in [-0.25, -0.2) is 21.6 Å². The van der Waals surface area contributed by atoms with Gasteiger partial charge in [0.2, 0.25) is 5.91 Å². The molecule has 194 valence electrons. The van der Waals surface area contributed by atoms with Gasteiger partial charge in [-0.2, -0.15) is 0 Å². The third-order valence-corrected chi connectivity index (χ3v) is 9.83. The lowest BCUT2D eigenvalue weighted by molar-refractivity contribution is -0.122. The van der Waals surface area contributed by atoms with E-state index in [-0.39, 0.29) is 58.3 Å². The second-order valence-electron chi connectivity index (χ2n) is 9.36. The molecular weight excluding hydrogens is 521 g/mol. The van der Waals surface area contributed by atoms with Crippen molar-refractivity contribution >= 4 is 38.9 Å². The van der Waals surface area contributed by atoms with Crippen LogP contribution in [0.15, 0.2) is 35.2 Å². The van der Waals surface area contributed by atoms with Crippen molar-refractivity contribution in [2.75, 3.05) is 11.9 Å². The van der Waals surface area contributed by atoms with E-state index < -0.39 is 44.0 Å². The number of anilines is 1. The van der Waals surface area contributed by atoms with Gasteiger partial charge in [0.1, 0.15) is 0 Å². The first kappa shape index (κ1) is 26.4. The monoisotopic (exact) mass is 544 g/mol. The number of fused-ring (bicyclic) bond motifs is 2. The van der Waals surface area contributed by atoms with Gasteiger partial charge in [-0.1, -0.05) is 11.6 Å². The molecule has 7 nitrogen and oxygen atoms in total. The maximum Gasteiger partial charge on any atom is 0.255 e. The molecule has 0 saturated heterocycles. The van der Waals surface area contributed by atoms with Gasteiger partial charge in [0.25, 0.3) is 5.91 Å². The molecule has 2 fully saturated rings. The number of amides is 2. The van der Waals surface area contributed by atoms with Gasteiger partial charge < -0.3 is 15.7 Å². The summed E-state index contributed by atoms with van der Waals surface area (Å²) in [5.74, 6) is -6.50. The minimum Gasteiger partial charge on any atom is -0.387 e. The van der Waals surface area contributed by atoms with E-state index in [1.807, 2.05) is 0 Å². The molecule has 3 N–H and O–H groups in total. The zero-order valence-corrected chi connectivity index (χ0v) is 20.7. The second-order valence-corrected chi connectivity index (χ2v) is 12.0. The summed E-state index contributed by atoms with van der Waals surface area (Å²) in [7, 11) is -4.03. The first-order valence-corrected chi connectivity index (χ1v) is 13.2. The Balaban J connectivity index is 1.57. The standard InChI is InChI=1S/C24H24ClF3N2O5S/c1-12(31)29-11-24(33)14-3-4-15(24)8-17(7-14)36(34,35)21-6-13(2-5-18(21)25)23(32)30-16-9-19(26)22(28)20(27)10-16/h2,5-6,9-10,14-15,17,33H,3-4,7-8,11H2,1H3,(H,29,31)(H,30,32)/t14?,15?,17-,24-. The van der Waals surface area contributed by atoms with Crippen LogP contribution < -0.4 is 10.6 Å². The molecule has 0 aliphatic heterocycles. The van der Waals surface area contributed by atoms with Crippen molar-refractivity contribution in [1.29, 1.82) is 0 Å². The van der Waals surface area contributed by atoms with Gasteiger partial charge in [-0.3, -0.25) is 9.59 Å². The number of rotatable bonds is 6. The van der Waals surface area contributed by atoms with Crippen LogP contribution in [0.4, 0.5) is 18.9 Å². The van der Waals surface area contributed by atoms with Gasteiger partial charge in [0.05, 0.1) is 20.8 Å². The van der Waals surface area contributed by atoms with Crippen LogP contribution in [0.25, 0.3) is 0 Å². The van der Waals surface area contributed by atoms with Crippen LogP contribution in [0.3, 0.4) is 0 Å². The summed E-state index contributed by atoms with van der Waals surface area (Å²) >= 11 is 6.20.